The average Bonchev–Trinajstić information content (AvgIpc) is 3.24. The largest absolute Gasteiger partial charge is 0.450 e. The quantitative estimate of drug-likeness (QED) is 0.446. The number of furan rings is 1. The van der Waals surface area contributed by atoms with Crippen molar-refractivity contribution in [2.45, 2.75) is 16.5 Å². The summed E-state index contributed by atoms with van der Waals surface area (Å²) >= 11 is 8.29. The summed E-state index contributed by atoms with van der Waals surface area (Å²) in [7, 11) is 0. The summed E-state index contributed by atoms with van der Waals surface area (Å²) in [6, 6.07) is 20.6. The molecule has 0 spiro atoms. The molecule has 3 aromatic rings. The van der Waals surface area contributed by atoms with Gasteiger partial charge in [0.2, 0.25) is 0 Å². The second kappa shape index (κ2) is 8.31. The van der Waals surface area contributed by atoms with Gasteiger partial charge in [-0.05, 0) is 53.7 Å². The molecule has 1 saturated heterocycles. The Morgan fingerprint density at radius 3 is 2.50 bits per heavy atom. The number of carbonyl (C=O) groups excluding carboxylic acids is 2. The number of nitrogens with zero attached hydrogens (tertiary/aromatic N) is 1. The van der Waals surface area contributed by atoms with E-state index in [4.69, 9.17) is 16.0 Å². The van der Waals surface area contributed by atoms with Crippen molar-refractivity contribution in [1.29, 1.82) is 0 Å². The van der Waals surface area contributed by atoms with E-state index in [9.17, 15) is 9.59 Å². The Bertz CT molecular complexity index is 1050. The van der Waals surface area contributed by atoms with Gasteiger partial charge in [0, 0.05) is 16.0 Å². The van der Waals surface area contributed by atoms with Crippen LogP contribution in [0.1, 0.15) is 11.3 Å². The highest BCUT2D eigenvalue weighted by molar-refractivity contribution is 8.18. The molecule has 1 fully saturated rings. The van der Waals surface area contributed by atoms with Crippen molar-refractivity contribution in [2.75, 3.05) is 0 Å². The fourth-order valence-electron chi connectivity index (χ4n) is 2.61. The predicted octanol–water partition coefficient (Wildman–Crippen LogP) is 6.32. The number of benzene rings is 2. The van der Waals surface area contributed by atoms with Gasteiger partial charge in [-0.15, -0.1) is 0 Å². The van der Waals surface area contributed by atoms with Crippen molar-refractivity contribution in [2.24, 2.45) is 0 Å². The molecule has 0 N–H and O–H groups in total. The van der Waals surface area contributed by atoms with Gasteiger partial charge in [-0.25, -0.2) is 0 Å². The SMILES string of the molecule is O=C1S/C(=C\c2ccc(Sc3ccccc3)o2)C(=O)N1Cc1ccc(Cl)cc1. The summed E-state index contributed by atoms with van der Waals surface area (Å²) < 4.78 is 5.78. The molecule has 0 aliphatic carbocycles. The molecular weight excluding hydrogens is 414 g/mol. The Balaban J connectivity index is 1.47. The van der Waals surface area contributed by atoms with Gasteiger partial charge in [0.1, 0.15) is 5.76 Å². The fraction of sp³-hybridized carbons (Fsp3) is 0.0476. The van der Waals surface area contributed by atoms with Crippen molar-refractivity contribution < 1.29 is 14.0 Å². The monoisotopic (exact) mass is 427 g/mol. The van der Waals surface area contributed by atoms with E-state index in [1.54, 1.807) is 36.4 Å². The first-order valence-electron chi connectivity index (χ1n) is 8.41. The number of amides is 2. The number of imide groups is 1. The minimum atomic E-state index is -0.321. The second-order valence-electron chi connectivity index (χ2n) is 5.97. The normalized spacial score (nSPS) is 15.6. The zero-order valence-electron chi connectivity index (χ0n) is 14.5. The van der Waals surface area contributed by atoms with E-state index < -0.39 is 0 Å². The Morgan fingerprint density at radius 2 is 1.75 bits per heavy atom. The highest BCUT2D eigenvalue weighted by Crippen LogP contribution is 2.35. The lowest BCUT2D eigenvalue weighted by atomic mass is 10.2. The molecular formula is C21H14ClNO3S2. The maximum absolute atomic E-state index is 12.6. The topological polar surface area (TPSA) is 50.5 Å². The zero-order valence-corrected chi connectivity index (χ0v) is 16.9. The van der Waals surface area contributed by atoms with E-state index in [0.29, 0.717) is 15.7 Å². The van der Waals surface area contributed by atoms with Crippen LogP contribution in [0, 0.1) is 0 Å². The number of hydrogen-bond donors (Lipinski definition) is 0. The molecule has 2 aromatic carbocycles. The Kier molecular flexibility index (Phi) is 5.62. The summed E-state index contributed by atoms with van der Waals surface area (Å²) in [6.07, 6.45) is 1.61. The Labute approximate surface area is 175 Å². The van der Waals surface area contributed by atoms with Gasteiger partial charge < -0.3 is 4.42 Å². The van der Waals surface area contributed by atoms with Crippen LogP contribution in [0.5, 0.6) is 0 Å². The van der Waals surface area contributed by atoms with Gasteiger partial charge >= 0.3 is 0 Å². The Morgan fingerprint density at radius 1 is 1.00 bits per heavy atom. The van der Waals surface area contributed by atoms with Gasteiger partial charge in [0.25, 0.3) is 11.1 Å². The maximum Gasteiger partial charge on any atom is 0.293 e. The van der Waals surface area contributed by atoms with Crippen molar-refractivity contribution in [3.05, 3.63) is 88.0 Å². The van der Waals surface area contributed by atoms with Crippen molar-refractivity contribution in [1.82, 2.24) is 4.90 Å². The van der Waals surface area contributed by atoms with Crippen LogP contribution >= 0.6 is 35.1 Å². The molecule has 7 heteroatoms. The lowest BCUT2D eigenvalue weighted by Crippen LogP contribution is -2.27. The lowest BCUT2D eigenvalue weighted by Gasteiger charge is -2.12. The molecule has 4 nitrogen and oxygen atoms in total. The van der Waals surface area contributed by atoms with Gasteiger partial charge in [0.15, 0.2) is 5.09 Å². The number of carbonyl (C=O) groups is 2. The summed E-state index contributed by atoms with van der Waals surface area (Å²) in [6.45, 7) is 0.215. The van der Waals surface area contributed by atoms with Crippen LogP contribution in [-0.4, -0.2) is 16.0 Å². The zero-order chi connectivity index (χ0) is 19.5. The number of thioether (sulfide) groups is 1. The summed E-state index contributed by atoms with van der Waals surface area (Å²) in [5.41, 5.74) is 0.840. The second-order valence-corrected chi connectivity index (χ2v) is 8.47. The van der Waals surface area contributed by atoms with Gasteiger partial charge in [-0.3, -0.25) is 14.5 Å². The predicted molar refractivity (Wildman–Crippen MR) is 112 cm³/mol. The average molecular weight is 428 g/mol. The van der Waals surface area contributed by atoms with Crippen molar-refractivity contribution in [3.63, 3.8) is 0 Å². The minimum Gasteiger partial charge on any atom is -0.450 e. The van der Waals surface area contributed by atoms with Crippen LogP contribution in [0.2, 0.25) is 5.02 Å². The van der Waals surface area contributed by atoms with E-state index in [-0.39, 0.29) is 17.7 Å². The van der Waals surface area contributed by atoms with Crippen LogP contribution in [0.25, 0.3) is 6.08 Å². The number of halogens is 1. The molecule has 1 aliphatic rings. The highest BCUT2D eigenvalue weighted by atomic mass is 35.5. The van der Waals surface area contributed by atoms with E-state index in [2.05, 4.69) is 0 Å². The van der Waals surface area contributed by atoms with Crippen molar-refractivity contribution in [3.8, 4) is 0 Å². The first-order chi connectivity index (χ1) is 13.6. The molecule has 0 saturated carbocycles. The maximum atomic E-state index is 12.6. The van der Waals surface area contributed by atoms with Gasteiger partial charge in [0.05, 0.1) is 11.4 Å². The summed E-state index contributed by atoms with van der Waals surface area (Å²) in [4.78, 5) is 27.5. The Hall–Kier alpha value is -2.41. The highest BCUT2D eigenvalue weighted by Gasteiger charge is 2.35. The molecule has 0 atom stereocenters. The number of rotatable bonds is 5. The lowest BCUT2D eigenvalue weighted by molar-refractivity contribution is -0.123. The molecule has 0 bridgehead atoms. The van der Waals surface area contributed by atoms with E-state index in [1.807, 2.05) is 36.4 Å². The van der Waals surface area contributed by atoms with E-state index in [1.165, 1.54) is 16.7 Å². The third kappa shape index (κ3) is 4.35. The standard InChI is InChI=1S/C21H14ClNO3S2/c22-15-8-6-14(7-9-15)13-23-20(24)18(28-21(23)25)12-16-10-11-19(26-16)27-17-4-2-1-3-5-17/h1-12H,13H2/b18-12-. The first-order valence-corrected chi connectivity index (χ1v) is 10.4. The number of hydrogen-bond acceptors (Lipinski definition) is 5. The summed E-state index contributed by atoms with van der Waals surface area (Å²) in [5, 5.41) is 1.04. The van der Waals surface area contributed by atoms with Crippen LogP contribution in [0.15, 0.2) is 86.0 Å². The molecule has 2 amide bonds. The van der Waals surface area contributed by atoms with Gasteiger partial charge in [-0.1, -0.05) is 53.7 Å². The van der Waals surface area contributed by atoms with E-state index in [0.717, 1.165) is 27.3 Å². The minimum absolute atomic E-state index is 0.215. The van der Waals surface area contributed by atoms with Crippen LogP contribution in [0.3, 0.4) is 0 Å². The fourth-order valence-corrected chi connectivity index (χ4v) is 4.35. The molecule has 1 aliphatic heterocycles. The third-order valence-corrected chi connectivity index (χ3v) is 6.05. The smallest absolute Gasteiger partial charge is 0.293 e. The van der Waals surface area contributed by atoms with E-state index >= 15 is 0 Å². The molecule has 140 valence electrons. The van der Waals surface area contributed by atoms with Crippen LogP contribution in [-0.2, 0) is 11.3 Å². The molecule has 0 unspecified atom stereocenters. The molecule has 4 rings (SSSR count). The first kappa shape index (κ1) is 18.9. The third-order valence-electron chi connectivity index (χ3n) is 3.96. The van der Waals surface area contributed by atoms with Crippen molar-refractivity contribution >= 4 is 52.3 Å². The van der Waals surface area contributed by atoms with Gasteiger partial charge in [-0.2, -0.15) is 0 Å². The molecule has 0 radical (unpaired) electrons. The van der Waals surface area contributed by atoms with Crippen LogP contribution < -0.4 is 0 Å². The molecule has 28 heavy (non-hydrogen) atoms. The molecule has 2 heterocycles. The summed E-state index contributed by atoms with van der Waals surface area (Å²) in [5.74, 6) is 0.217. The van der Waals surface area contributed by atoms with Crippen LogP contribution in [0.4, 0.5) is 4.79 Å². The molecule has 1 aromatic heterocycles.